The molecular formula is C26H32F3N3O5S. The summed E-state index contributed by atoms with van der Waals surface area (Å²) in [5.41, 5.74) is 0. The van der Waals surface area contributed by atoms with Crippen LogP contribution in [0.3, 0.4) is 0 Å². The van der Waals surface area contributed by atoms with Crippen molar-refractivity contribution in [1.82, 2.24) is 14.9 Å². The third-order valence-electron chi connectivity index (χ3n) is 6.61. The summed E-state index contributed by atoms with van der Waals surface area (Å²) in [4.78, 5) is 39.5. The number of amides is 2. The second-order valence-corrected chi connectivity index (χ2v) is 11.8. The highest BCUT2D eigenvalue weighted by molar-refractivity contribution is 7.89. The summed E-state index contributed by atoms with van der Waals surface area (Å²) >= 11 is 0. The SMILES string of the molecule is CC(C)C(NC(=O)[C@@H]1CCCN1C(=O)[C@@H](NS(=O)(=O)c1ccc2ccccc2c1)C(C)C)C(=O)C(F)(F)F. The van der Waals surface area contributed by atoms with Gasteiger partial charge in [-0.2, -0.15) is 17.9 Å². The van der Waals surface area contributed by atoms with E-state index in [9.17, 15) is 36.0 Å². The molecule has 1 unspecified atom stereocenters. The van der Waals surface area contributed by atoms with Gasteiger partial charge in [0, 0.05) is 6.54 Å². The first-order valence-electron chi connectivity index (χ1n) is 12.4. The molecule has 1 saturated heterocycles. The average molecular weight is 556 g/mol. The maximum Gasteiger partial charge on any atom is 0.452 e. The van der Waals surface area contributed by atoms with Gasteiger partial charge >= 0.3 is 6.18 Å². The fourth-order valence-corrected chi connectivity index (χ4v) is 5.86. The summed E-state index contributed by atoms with van der Waals surface area (Å²) in [5.74, 6) is -4.95. The second kappa shape index (κ2) is 11.4. The fraction of sp³-hybridized carbons (Fsp3) is 0.500. The van der Waals surface area contributed by atoms with Crippen LogP contribution in [0.5, 0.6) is 0 Å². The molecule has 3 atom stereocenters. The molecule has 2 aromatic carbocycles. The predicted molar refractivity (Wildman–Crippen MR) is 135 cm³/mol. The molecule has 1 heterocycles. The molecule has 0 bridgehead atoms. The normalized spacial score (nSPS) is 18.1. The number of fused-ring (bicyclic) bond motifs is 1. The molecule has 0 saturated carbocycles. The van der Waals surface area contributed by atoms with E-state index < -0.39 is 63.8 Å². The van der Waals surface area contributed by atoms with Crippen molar-refractivity contribution in [2.75, 3.05) is 6.54 Å². The molecule has 0 radical (unpaired) electrons. The van der Waals surface area contributed by atoms with Gasteiger partial charge in [-0.3, -0.25) is 14.4 Å². The number of alkyl halides is 3. The highest BCUT2D eigenvalue weighted by Crippen LogP contribution is 2.25. The van der Waals surface area contributed by atoms with Crippen molar-refractivity contribution in [2.24, 2.45) is 11.8 Å². The van der Waals surface area contributed by atoms with Gasteiger partial charge in [-0.1, -0.05) is 58.0 Å². The van der Waals surface area contributed by atoms with Crippen LogP contribution in [0.4, 0.5) is 13.2 Å². The van der Waals surface area contributed by atoms with Crippen LogP contribution >= 0.6 is 0 Å². The smallest absolute Gasteiger partial charge is 0.344 e. The quantitative estimate of drug-likeness (QED) is 0.493. The van der Waals surface area contributed by atoms with Gasteiger partial charge in [0.1, 0.15) is 12.1 Å². The summed E-state index contributed by atoms with van der Waals surface area (Å²) in [7, 11) is -4.13. The van der Waals surface area contributed by atoms with E-state index in [1.807, 2.05) is 12.1 Å². The Morgan fingerprint density at radius 1 is 0.947 bits per heavy atom. The lowest BCUT2D eigenvalue weighted by Crippen LogP contribution is -2.58. The van der Waals surface area contributed by atoms with E-state index >= 15 is 0 Å². The third-order valence-corrected chi connectivity index (χ3v) is 8.05. The van der Waals surface area contributed by atoms with Crippen LogP contribution in [-0.4, -0.2) is 61.8 Å². The molecule has 0 aliphatic carbocycles. The van der Waals surface area contributed by atoms with Crippen molar-refractivity contribution in [2.45, 2.75) is 69.7 Å². The zero-order valence-electron chi connectivity index (χ0n) is 21.6. The van der Waals surface area contributed by atoms with Crippen LogP contribution in [0.1, 0.15) is 40.5 Å². The van der Waals surface area contributed by atoms with E-state index in [1.54, 1.807) is 32.0 Å². The molecule has 38 heavy (non-hydrogen) atoms. The van der Waals surface area contributed by atoms with Crippen LogP contribution in [0.2, 0.25) is 0 Å². The monoisotopic (exact) mass is 555 g/mol. The number of likely N-dealkylation sites (tertiary alicyclic amines) is 1. The van der Waals surface area contributed by atoms with Crippen molar-refractivity contribution in [1.29, 1.82) is 0 Å². The van der Waals surface area contributed by atoms with Gasteiger partial charge in [0.15, 0.2) is 0 Å². The molecule has 3 rings (SSSR count). The second-order valence-electron chi connectivity index (χ2n) is 10.1. The van der Waals surface area contributed by atoms with Gasteiger partial charge < -0.3 is 10.2 Å². The van der Waals surface area contributed by atoms with E-state index in [-0.39, 0.29) is 17.9 Å². The van der Waals surface area contributed by atoms with Gasteiger partial charge in [-0.25, -0.2) is 8.42 Å². The zero-order valence-corrected chi connectivity index (χ0v) is 22.4. The van der Waals surface area contributed by atoms with Gasteiger partial charge in [0.05, 0.1) is 10.9 Å². The van der Waals surface area contributed by atoms with Crippen molar-refractivity contribution in [3.8, 4) is 0 Å². The Balaban J connectivity index is 1.81. The number of hydrogen-bond donors (Lipinski definition) is 2. The number of rotatable bonds is 9. The predicted octanol–water partition coefficient (Wildman–Crippen LogP) is 3.41. The fourth-order valence-electron chi connectivity index (χ4n) is 4.48. The molecule has 2 amide bonds. The van der Waals surface area contributed by atoms with E-state index in [4.69, 9.17) is 0 Å². The average Bonchev–Trinajstić information content (AvgIpc) is 3.34. The van der Waals surface area contributed by atoms with Crippen molar-refractivity contribution < 1.29 is 36.0 Å². The van der Waals surface area contributed by atoms with Gasteiger partial charge in [-0.15, -0.1) is 0 Å². The summed E-state index contributed by atoms with van der Waals surface area (Å²) in [5, 5.41) is 3.71. The Labute approximate surface area is 220 Å². The Morgan fingerprint density at radius 2 is 1.55 bits per heavy atom. The first-order valence-corrected chi connectivity index (χ1v) is 13.8. The molecule has 208 valence electrons. The Morgan fingerprint density at radius 3 is 2.13 bits per heavy atom. The minimum Gasteiger partial charge on any atom is -0.344 e. The van der Waals surface area contributed by atoms with Gasteiger partial charge in [0.25, 0.3) is 5.78 Å². The molecular weight excluding hydrogens is 523 g/mol. The number of hydrogen-bond acceptors (Lipinski definition) is 5. The largest absolute Gasteiger partial charge is 0.452 e. The first kappa shape index (κ1) is 29.6. The maximum atomic E-state index is 13.5. The molecule has 1 fully saturated rings. The third kappa shape index (κ3) is 6.52. The van der Waals surface area contributed by atoms with Crippen LogP contribution in [0, 0.1) is 11.8 Å². The van der Waals surface area contributed by atoms with Crippen LogP contribution in [-0.2, 0) is 24.4 Å². The minimum absolute atomic E-state index is 0.0317. The van der Waals surface area contributed by atoms with E-state index in [2.05, 4.69) is 10.0 Å². The van der Waals surface area contributed by atoms with Crippen LogP contribution < -0.4 is 10.0 Å². The highest BCUT2D eigenvalue weighted by atomic mass is 32.2. The lowest BCUT2D eigenvalue weighted by atomic mass is 9.98. The lowest BCUT2D eigenvalue weighted by molar-refractivity contribution is -0.175. The lowest BCUT2D eigenvalue weighted by Gasteiger charge is -2.31. The van der Waals surface area contributed by atoms with Crippen molar-refractivity contribution in [3.63, 3.8) is 0 Å². The Bertz CT molecular complexity index is 1310. The van der Waals surface area contributed by atoms with E-state index in [0.29, 0.717) is 11.8 Å². The zero-order chi connectivity index (χ0) is 28.4. The number of nitrogens with zero attached hydrogens (tertiary/aromatic N) is 1. The number of carbonyl (C=O) groups excluding carboxylic acids is 3. The molecule has 0 spiro atoms. The topological polar surface area (TPSA) is 113 Å². The van der Waals surface area contributed by atoms with Crippen LogP contribution in [0.25, 0.3) is 10.8 Å². The summed E-state index contributed by atoms with van der Waals surface area (Å²) in [6, 6.07) is 7.64. The number of sulfonamides is 1. The molecule has 0 aromatic heterocycles. The highest BCUT2D eigenvalue weighted by Gasteiger charge is 2.46. The van der Waals surface area contributed by atoms with Gasteiger partial charge in [0.2, 0.25) is 21.8 Å². The number of Topliss-reactive ketones (excluding diaryl/α,β-unsaturated/α-hetero) is 1. The minimum atomic E-state index is -5.13. The number of halogens is 3. The summed E-state index contributed by atoms with van der Waals surface area (Å²) < 4.78 is 68.0. The molecule has 2 N–H and O–H groups in total. The molecule has 1 aliphatic rings. The molecule has 12 heteroatoms. The van der Waals surface area contributed by atoms with Crippen molar-refractivity contribution in [3.05, 3.63) is 42.5 Å². The summed E-state index contributed by atoms with van der Waals surface area (Å²) in [6.07, 6.45) is -4.56. The molecule has 8 nitrogen and oxygen atoms in total. The van der Waals surface area contributed by atoms with E-state index in [1.165, 1.54) is 30.9 Å². The number of carbonyl (C=O) groups is 3. The number of benzene rings is 2. The molecule has 2 aromatic rings. The standard InChI is InChI=1S/C26H32F3N3O5S/c1-15(2)21(23(33)26(27,28)29)30-24(34)20-10-7-13-32(20)25(35)22(16(3)4)31-38(36,37)19-12-11-17-8-5-6-9-18(17)14-19/h5-6,8-9,11-12,14-16,20-22,31H,7,10,13H2,1-4H3,(H,30,34)/t20-,21?,22-/m0/s1. The van der Waals surface area contributed by atoms with Gasteiger partial charge in [-0.05, 0) is 47.6 Å². The summed E-state index contributed by atoms with van der Waals surface area (Å²) in [6.45, 7) is 6.17. The number of nitrogens with one attached hydrogen (secondary N) is 2. The van der Waals surface area contributed by atoms with E-state index in [0.717, 1.165) is 5.39 Å². The Kier molecular flexibility index (Phi) is 8.87. The maximum absolute atomic E-state index is 13.5. The molecule has 1 aliphatic heterocycles. The first-order chi connectivity index (χ1) is 17.6. The Hall–Kier alpha value is -2.99. The number of ketones is 1. The van der Waals surface area contributed by atoms with Crippen molar-refractivity contribution >= 4 is 38.4 Å². The van der Waals surface area contributed by atoms with Crippen LogP contribution in [0.15, 0.2) is 47.4 Å².